The number of pyridine rings is 1. The van der Waals surface area contributed by atoms with E-state index < -0.39 is 0 Å². The Kier molecular flexibility index (Phi) is 7.81. The summed E-state index contributed by atoms with van der Waals surface area (Å²) >= 11 is 0. The van der Waals surface area contributed by atoms with E-state index in [1.54, 1.807) is 6.20 Å². The fraction of sp³-hybridized carbons (Fsp3) is 0. The van der Waals surface area contributed by atoms with Gasteiger partial charge in [0.15, 0.2) is 5.82 Å². The maximum absolute atomic E-state index is 5.46. The van der Waals surface area contributed by atoms with Gasteiger partial charge in [-0.15, -0.1) is 0 Å². The van der Waals surface area contributed by atoms with E-state index in [0.29, 0.717) is 5.82 Å². The first-order chi connectivity index (χ1) is 26.8. The molecule has 10 aromatic rings. The van der Waals surface area contributed by atoms with E-state index in [4.69, 9.17) is 9.97 Å². The highest BCUT2D eigenvalue weighted by Crippen LogP contribution is 2.44. The van der Waals surface area contributed by atoms with E-state index >= 15 is 0 Å². The lowest BCUT2D eigenvalue weighted by atomic mass is 9.88. The van der Waals surface area contributed by atoms with Crippen molar-refractivity contribution >= 4 is 32.3 Å². The summed E-state index contributed by atoms with van der Waals surface area (Å²) in [5.41, 5.74) is 11.7. The van der Waals surface area contributed by atoms with Gasteiger partial charge in [0.1, 0.15) is 0 Å². The monoisotopic (exact) mass is 687 g/mol. The Balaban J connectivity index is 1.24. The number of rotatable bonds is 6. The van der Waals surface area contributed by atoms with Gasteiger partial charge < -0.3 is 0 Å². The molecule has 2 heterocycles. The molecule has 252 valence electrons. The summed E-state index contributed by atoms with van der Waals surface area (Å²) in [5.74, 6) is 0.692. The van der Waals surface area contributed by atoms with Crippen LogP contribution in [0.3, 0.4) is 0 Å². The standard InChI is InChI=1S/C51H33N3/c1-2-15-35(16-3-1)49-43-24-6-8-26-45(43)50(46-27-9-7-25-44(46)49)51-53-47(38-20-10-18-36(30-38)40-22-13-29-52-33-40)32-48(54-51)39-21-11-19-37(31-39)42-28-12-17-34-14-4-5-23-41(34)42/h1-33H. The lowest BCUT2D eigenvalue weighted by molar-refractivity contribution is 1.19. The maximum atomic E-state index is 5.46. The molecule has 0 amide bonds. The zero-order valence-electron chi connectivity index (χ0n) is 29.4. The van der Waals surface area contributed by atoms with Crippen molar-refractivity contribution in [3.05, 3.63) is 200 Å². The third kappa shape index (κ3) is 5.60. The van der Waals surface area contributed by atoms with Crippen LogP contribution in [-0.2, 0) is 0 Å². The fourth-order valence-corrected chi connectivity index (χ4v) is 7.85. The molecule has 0 unspecified atom stereocenters. The van der Waals surface area contributed by atoms with Crippen molar-refractivity contribution in [2.45, 2.75) is 0 Å². The zero-order valence-corrected chi connectivity index (χ0v) is 29.4. The van der Waals surface area contributed by atoms with Gasteiger partial charge in [-0.05, 0) is 84.4 Å². The van der Waals surface area contributed by atoms with Crippen LogP contribution >= 0.6 is 0 Å². The summed E-state index contributed by atoms with van der Waals surface area (Å²) in [6.07, 6.45) is 3.71. The minimum Gasteiger partial charge on any atom is -0.264 e. The second kappa shape index (κ2) is 13.4. The van der Waals surface area contributed by atoms with Crippen molar-refractivity contribution in [1.82, 2.24) is 15.0 Å². The van der Waals surface area contributed by atoms with E-state index in [0.717, 1.165) is 55.5 Å². The molecule has 10 rings (SSSR count). The number of aromatic nitrogens is 3. The Morgan fingerprint density at radius 3 is 1.48 bits per heavy atom. The predicted molar refractivity (Wildman–Crippen MR) is 225 cm³/mol. The molecular formula is C51H33N3. The Morgan fingerprint density at radius 2 is 0.815 bits per heavy atom. The zero-order chi connectivity index (χ0) is 35.8. The molecule has 0 atom stereocenters. The van der Waals surface area contributed by atoms with E-state index in [-0.39, 0.29) is 0 Å². The third-order valence-electron chi connectivity index (χ3n) is 10.4. The molecule has 0 aliphatic heterocycles. The van der Waals surface area contributed by atoms with Crippen molar-refractivity contribution in [2.24, 2.45) is 0 Å². The van der Waals surface area contributed by atoms with Crippen molar-refractivity contribution in [3.63, 3.8) is 0 Å². The summed E-state index contributed by atoms with van der Waals surface area (Å²) in [6.45, 7) is 0. The van der Waals surface area contributed by atoms with Crippen molar-refractivity contribution < 1.29 is 0 Å². The normalized spacial score (nSPS) is 11.3. The Hall–Kier alpha value is -7.23. The van der Waals surface area contributed by atoms with Crippen LogP contribution < -0.4 is 0 Å². The number of hydrogen-bond acceptors (Lipinski definition) is 3. The molecule has 0 fully saturated rings. The Labute approximate surface area is 313 Å². The highest BCUT2D eigenvalue weighted by molar-refractivity contribution is 6.20. The van der Waals surface area contributed by atoms with Gasteiger partial charge in [-0.1, -0.05) is 164 Å². The van der Waals surface area contributed by atoms with Gasteiger partial charge in [-0.25, -0.2) is 9.97 Å². The first-order valence-electron chi connectivity index (χ1n) is 18.3. The Morgan fingerprint density at radius 1 is 0.315 bits per heavy atom. The van der Waals surface area contributed by atoms with Crippen molar-refractivity contribution in [1.29, 1.82) is 0 Å². The van der Waals surface area contributed by atoms with Crippen LogP contribution in [0.25, 0.3) is 99.6 Å². The van der Waals surface area contributed by atoms with Gasteiger partial charge in [0.05, 0.1) is 11.4 Å². The second-order valence-corrected chi connectivity index (χ2v) is 13.6. The second-order valence-electron chi connectivity index (χ2n) is 13.6. The van der Waals surface area contributed by atoms with E-state index in [2.05, 4.69) is 187 Å². The molecule has 0 aliphatic carbocycles. The van der Waals surface area contributed by atoms with Crippen LogP contribution in [0, 0.1) is 0 Å². The molecular weight excluding hydrogens is 655 g/mol. The topological polar surface area (TPSA) is 38.7 Å². The number of nitrogens with zero attached hydrogens (tertiary/aromatic N) is 3. The molecule has 0 spiro atoms. The highest BCUT2D eigenvalue weighted by atomic mass is 14.9. The van der Waals surface area contributed by atoms with Crippen LogP contribution in [0.15, 0.2) is 200 Å². The largest absolute Gasteiger partial charge is 0.264 e. The van der Waals surface area contributed by atoms with E-state index in [9.17, 15) is 0 Å². The number of hydrogen-bond donors (Lipinski definition) is 0. The quantitative estimate of drug-likeness (QED) is 0.163. The average molecular weight is 688 g/mol. The molecule has 0 aliphatic rings. The Bertz CT molecular complexity index is 2930. The molecule has 0 radical (unpaired) electrons. The van der Waals surface area contributed by atoms with Gasteiger partial charge in [-0.2, -0.15) is 0 Å². The first-order valence-corrected chi connectivity index (χ1v) is 18.3. The molecule has 0 saturated heterocycles. The van der Waals surface area contributed by atoms with Gasteiger partial charge in [-0.3, -0.25) is 4.98 Å². The molecule has 3 heteroatoms. The van der Waals surface area contributed by atoms with E-state index in [1.807, 2.05) is 12.3 Å². The lowest BCUT2D eigenvalue weighted by Crippen LogP contribution is -1.99. The maximum Gasteiger partial charge on any atom is 0.161 e. The van der Waals surface area contributed by atoms with E-state index in [1.165, 1.54) is 38.2 Å². The summed E-state index contributed by atoms with van der Waals surface area (Å²) in [4.78, 5) is 15.3. The molecule has 2 aromatic heterocycles. The van der Waals surface area contributed by atoms with Crippen molar-refractivity contribution in [3.8, 4) is 67.3 Å². The van der Waals surface area contributed by atoms with Gasteiger partial charge in [0.2, 0.25) is 0 Å². The minimum atomic E-state index is 0.692. The van der Waals surface area contributed by atoms with Crippen LogP contribution in [0.1, 0.15) is 0 Å². The van der Waals surface area contributed by atoms with Gasteiger partial charge >= 0.3 is 0 Å². The summed E-state index contributed by atoms with van der Waals surface area (Å²) in [5, 5.41) is 7.02. The summed E-state index contributed by atoms with van der Waals surface area (Å²) < 4.78 is 0. The molecule has 8 aromatic carbocycles. The minimum absolute atomic E-state index is 0.692. The van der Waals surface area contributed by atoms with Crippen LogP contribution in [-0.4, -0.2) is 15.0 Å². The predicted octanol–water partition coefficient (Wildman–Crippen LogP) is 13.3. The fourth-order valence-electron chi connectivity index (χ4n) is 7.85. The first kappa shape index (κ1) is 31.5. The van der Waals surface area contributed by atoms with Crippen LogP contribution in [0.4, 0.5) is 0 Å². The SMILES string of the molecule is c1ccc(-c2c3ccccc3c(-c3nc(-c4cccc(-c5cccnc5)c4)cc(-c4cccc(-c5cccc6ccccc56)c4)n3)c3ccccc23)cc1. The molecule has 0 saturated carbocycles. The van der Waals surface area contributed by atoms with Crippen LogP contribution in [0.5, 0.6) is 0 Å². The third-order valence-corrected chi connectivity index (χ3v) is 10.4. The average Bonchev–Trinajstić information content (AvgIpc) is 3.26. The molecule has 0 N–H and O–H groups in total. The summed E-state index contributed by atoms with van der Waals surface area (Å²) in [7, 11) is 0. The molecule has 54 heavy (non-hydrogen) atoms. The lowest BCUT2D eigenvalue weighted by Gasteiger charge is -2.18. The highest BCUT2D eigenvalue weighted by Gasteiger charge is 2.20. The molecule has 3 nitrogen and oxygen atoms in total. The van der Waals surface area contributed by atoms with Crippen molar-refractivity contribution in [2.75, 3.05) is 0 Å². The smallest absolute Gasteiger partial charge is 0.161 e. The van der Waals surface area contributed by atoms with Gasteiger partial charge in [0.25, 0.3) is 0 Å². The molecule has 0 bridgehead atoms. The number of benzene rings is 8. The van der Waals surface area contributed by atoms with Gasteiger partial charge in [0, 0.05) is 34.6 Å². The number of fused-ring (bicyclic) bond motifs is 3. The van der Waals surface area contributed by atoms with Crippen LogP contribution in [0.2, 0.25) is 0 Å². The summed E-state index contributed by atoms with van der Waals surface area (Å²) in [6, 6.07) is 66.6.